The zero-order chi connectivity index (χ0) is 15.3. The second-order valence-corrected chi connectivity index (χ2v) is 5.41. The van der Waals surface area contributed by atoms with Gasteiger partial charge in [0.25, 0.3) is 0 Å². The molecule has 0 fully saturated rings. The summed E-state index contributed by atoms with van der Waals surface area (Å²) in [5.41, 5.74) is 6.34. The van der Waals surface area contributed by atoms with Crippen LogP contribution in [0.4, 0.5) is 13.2 Å². The molecule has 2 aromatic rings. The van der Waals surface area contributed by atoms with Gasteiger partial charge in [0.15, 0.2) is 0 Å². The number of alkyl halides is 3. The van der Waals surface area contributed by atoms with Gasteiger partial charge in [-0.15, -0.1) is 24.9 Å². The third-order valence-corrected chi connectivity index (χ3v) is 3.85. The molecule has 0 amide bonds. The number of halogens is 3. The number of nitrogens with two attached hydrogens (primary N) is 1. The SMILES string of the molecule is NC(CSc1ccccc1)c1ccccc1OC(F)(F)F. The third-order valence-electron chi connectivity index (χ3n) is 2.72. The van der Waals surface area contributed by atoms with Gasteiger partial charge in [-0.1, -0.05) is 36.4 Å². The first kappa shape index (κ1) is 15.7. The number of hydrogen-bond acceptors (Lipinski definition) is 3. The maximum Gasteiger partial charge on any atom is 0.573 e. The predicted molar refractivity (Wildman–Crippen MR) is 77.2 cm³/mol. The van der Waals surface area contributed by atoms with E-state index in [-0.39, 0.29) is 5.75 Å². The van der Waals surface area contributed by atoms with Gasteiger partial charge in [0.1, 0.15) is 5.75 Å². The summed E-state index contributed by atoms with van der Waals surface area (Å²) in [5.74, 6) is 0.216. The van der Waals surface area contributed by atoms with E-state index in [1.807, 2.05) is 30.3 Å². The zero-order valence-electron chi connectivity index (χ0n) is 11.0. The minimum atomic E-state index is -4.72. The summed E-state index contributed by atoms with van der Waals surface area (Å²) in [5, 5.41) is 0. The maximum atomic E-state index is 12.4. The number of hydrogen-bond donors (Lipinski definition) is 1. The van der Waals surface area contributed by atoms with E-state index in [4.69, 9.17) is 5.73 Å². The van der Waals surface area contributed by atoms with Gasteiger partial charge in [-0.25, -0.2) is 0 Å². The average molecular weight is 313 g/mol. The Morgan fingerprint density at radius 2 is 1.62 bits per heavy atom. The molecular weight excluding hydrogens is 299 g/mol. The van der Waals surface area contributed by atoms with Crippen LogP contribution in [-0.4, -0.2) is 12.1 Å². The lowest BCUT2D eigenvalue weighted by molar-refractivity contribution is -0.274. The van der Waals surface area contributed by atoms with Crippen LogP contribution in [-0.2, 0) is 0 Å². The smallest absolute Gasteiger partial charge is 0.405 e. The van der Waals surface area contributed by atoms with E-state index in [1.54, 1.807) is 12.1 Å². The first-order chi connectivity index (χ1) is 9.96. The highest BCUT2D eigenvalue weighted by atomic mass is 32.2. The number of benzene rings is 2. The van der Waals surface area contributed by atoms with Crippen LogP contribution in [0.1, 0.15) is 11.6 Å². The van der Waals surface area contributed by atoms with Crippen LogP contribution in [0, 0.1) is 0 Å². The van der Waals surface area contributed by atoms with E-state index < -0.39 is 12.4 Å². The van der Waals surface area contributed by atoms with Gasteiger partial charge in [0.2, 0.25) is 0 Å². The molecule has 0 aromatic heterocycles. The summed E-state index contributed by atoms with van der Waals surface area (Å²) >= 11 is 1.49. The van der Waals surface area contributed by atoms with Crippen molar-refractivity contribution in [2.45, 2.75) is 17.3 Å². The Morgan fingerprint density at radius 1 is 1.00 bits per heavy atom. The van der Waals surface area contributed by atoms with Crippen molar-refractivity contribution < 1.29 is 17.9 Å². The van der Waals surface area contributed by atoms with E-state index in [2.05, 4.69) is 4.74 Å². The van der Waals surface area contributed by atoms with E-state index >= 15 is 0 Å². The lowest BCUT2D eigenvalue weighted by Gasteiger charge is -2.17. The van der Waals surface area contributed by atoms with Crippen molar-refractivity contribution in [1.82, 2.24) is 0 Å². The first-order valence-electron chi connectivity index (χ1n) is 6.24. The molecule has 21 heavy (non-hydrogen) atoms. The Kier molecular flexibility index (Phi) is 5.14. The van der Waals surface area contributed by atoms with Crippen LogP contribution < -0.4 is 10.5 Å². The fourth-order valence-electron chi connectivity index (χ4n) is 1.80. The standard InChI is InChI=1S/C15H14F3NOS/c16-15(17,18)20-14-9-5-4-8-12(14)13(19)10-21-11-6-2-1-3-7-11/h1-9,13H,10,19H2. The molecule has 112 valence electrons. The van der Waals surface area contributed by atoms with Gasteiger partial charge in [-0.3, -0.25) is 0 Å². The summed E-state index contributed by atoms with van der Waals surface area (Å²) in [6.45, 7) is 0. The highest BCUT2D eigenvalue weighted by Crippen LogP contribution is 2.31. The molecule has 0 saturated heterocycles. The Bertz CT molecular complexity index is 575. The molecule has 0 aliphatic heterocycles. The summed E-state index contributed by atoms with van der Waals surface area (Å²) in [7, 11) is 0. The molecule has 0 bridgehead atoms. The zero-order valence-corrected chi connectivity index (χ0v) is 11.8. The quantitative estimate of drug-likeness (QED) is 0.832. The molecule has 0 radical (unpaired) electrons. The lowest BCUT2D eigenvalue weighted by Crippen LogP contribution is -2.21. The number of ether oxygens (including phenoxy) is 1. The van der Waals surface area contributed by atoms with Crippen molar-refractivity contribution in [2.24, 2.45) is 5.73 Å². The van der Waals surface area contributed by atoms with Crippen LogP contribution in [0.2, 0.25) is 0 Å². The molecule has 0 saturated carbocycles. The van der Waals surface area contributed by atoms with Crippen molar-refractivity contribution >= 4 is 11.8 Å². The maximum absolute atomic E-state index is 12.4. The number of thioether (sulfide) groups is 1. The fraction of sp³-hybridized carbons (Fsp3) is 0.200. The van der Waals surface area contributed by atoms with Crippen molar-refractivity contribution in [3.8, 4) is 5.75 Å². The molecule has 1 unspecified atom stereocenters. The van der Waals surface area contributed by atoms with Gasteiger partial charge in [-0.2, -0.15) is 0 Å². The van der Waals surface area contributed by atoms with Crippen LogP contribution in [0.5, 0.6) is 5.75 Å². The monoisotopic (exact) mass is 313 g/mol. The second-order valence-electron chi connectivity index (χ2n) is 4.32. The first-order valence-corrected chi connectivity index (χ1v) is 7.22. The number of rotatable bonds is 5. The summed E-state index contributed by atoms with van der Waals surface area (Å²) in [6.07, 6.45) is -4.72. The highest BCUT2D eigenvalue weighted by molar-refractivity contribution is 7.99. The molecular formula is C15H14F3NOS. The van der Waals surface area contributed by atoms with Crippen molar-refractivity contribution in [3.63, 3.8) is 0 Å². The second kappa shape index (κ2) is 6.87. The van der Waals surface area contributed by atoms with Crippen molar-refractivity contribution in [3.05, 3.63) is 60.2 Å². The molecule has 2 nitrogen and oxygen atoms in total. The molecule has 0 aliphatic rings. The molecule has 0 heterocycles. The fourth-order valence-corrected chi connectivity index (χ4v) is 2.70. The van der Waals surface area contributed by atoms with E-state index in [1.165, 1.54) is 23.9 Å². The highest BCUT2D eigenvalue weighted by Gasteiger charge is 2.32. The average Bonchev–Trinajstić information content (AvgIpc) is 2.45. The minimum absolute atomic E-state index is 0.244. The predicted octanol–water partition coefficient (Wildman–Crippen LogP) is 4.38. The van der Waals surface area contributed by atoms with Gasteiger partial charge in [0.05, 0.1) is 0 Å². The Hall–Kier alpha value is -1.66. The van der Waals surface area contributed by atoms with Gasteiger partial charge in [-0.05, 0) is 18.2 Å². The molecule has 0 aliphatic carbocycles. The summed E-state index contributed by atoms with van der Waals surface area (Å²) in [6, 6.07) is 15.0. The van der Waals surface area contributed by atoms with Crippen molar-refractivity contribution in [1.29, 1.82) is 0 Å². The molecule has 2 aromatic carbocycles. The number of para-hydroxylation sites is 1. The molecule has 2 rings (SSSR count). The largest absolute Gasteiger partial charge is 0.573 e. The minimum Gasteiger partial charge on any atom is -0.405 e. The Labute approximate surface area is 125 Å². The van der Waals surface area contributed by atoms with Crippen LogP contribution in [0.25, 0.3) is 0 Å². The van der Waals surface area contributed by atoms with E-state index in [0.29, 0.717) is 11.3 Å². The Balaban J connectivity index is 2.07. The van der Waals surface area contributed by atoms with Crippen LogP contribution in [0.15, 0.2) is 59.5 Å². The van der Waals surface area contributed by atoms with Gasteiger partial charge >= 0.3 is 6.36 Å². The van der Waals surface area contributed by atoms with E-state index in [9.17, 15) is 13.2 Å². The normalized spacial score (nSPS) is 13.0. The van der Waals surface area contributed by atoms with Gasteiger partial charge in [0, 0.05) is 22.3 Å². The van der Waals surface area contributed by atoms with Crippen molar-refractivity contribution in [2.75, 3.05) is 5.75 Å². The van der Waals surface area contributed by atoms with Crippen LogP contribution >= 0.6 is 11.8 Å². The Morgan fingerprint density at radius 3 is 2.29 bits per heavy atom. The topological polar surface area (TPSA) is 35.2 Å². The third kappa shape index (κ3) is 4.99. The molecule has 0 spiro atoms. The molecule has 6 heteroatoms. The summed E-state index contributed by atoms with van der Waals surface area (Å²) < 4.78 is 41.1. The summed E-state index contributed by atoms with van der Waals surface area (Å²) in [4.78, 5) is 1.02. The van der Waals surface area contributed by atoms with Gasteiger partial charge < -0.3 is 10.5 Å². The van der Waals surface area contributed by atoms with Crippen LogP contribution in [0.3, 0.4) is 0 Å². The molecule has 1 atom stereocenters. The van der Waals surface area contributed by atoms with E-state index in [0.717, 1.165) is 4.90 Å². The lowest BCUT2D eigenvalue weighted by atomic mass is 10.1. The molecule has 2 N–H and O–H groups in total.